The largest absolute Gasteiger partial charge is 0.302 e. The van der Waals surface area contributed by atoms with Crippen LogP contribution in [-0.2, 0) is 0 Å². The van der Waals surface area contributed by atoms with Gasteiger partial charge in [0, 0.05) is 18.3 Å². The Hall–Kier alpha value is -1.67. The van der Waals surface area contributed by atoms with Crippen molar-refractivity contribution in [2.75, 3.05) is 0 Å². The first kappa shape index (κ1) is 13.8. The van der Waals surface area contributed by atoms with Gasteiger partial charge in [0.05, 0.1) is 5.69 Å². The van der Waals surface area contributed by atoms with Crippen LogP contribution in [-0.4, -0.2) is 4.98 Å². The van der Waals surface area contributed by atoms with Crippen molar-refractivity contribution in [1.29, 1.82) is 0 Å². The first-order chi connectivity index (χ1) is 9.18. The Bertz CT molecular complexity index is 479. The zero-order valence-corrected chi connectivity index (χ0v) is 11.9. The molecule has 0 saturated heterocycles. The summed E-state index contributed by atoms with van der Waals surface area (Å²) in [6.07, 6.45) is 1.85. The number of aromatic nitrogens is 1. The minimum atomic E-state index is 0.244. The smallest absolute Gasteiger partial charge is 0.0570 e. The fourth-order valence-corrected chi connectivity index (χ4v) is 2.32. The molecule has 1 aromatic carbocycles. The lowest BCUT2D eigenvalue weighted by Crippen LogP contribution is -2.28. The van der Waals surface area contributed by atoms with Crippen LogP contribution in [0.2, 0.25) is 0 Å². The minimum Gasteiger partial charge on any atom is -0.302 e. The highest BCUT2D eigenvalue weighted by Gasteiger charge is 2.18. The second kappa shape index (κ2) is 6.48. The van der Waals surface area contributed by atoms with Crippen molar-refractivity contribution >= 4 is 0 Å². The van der Waals surface area contributed by atoms with E-state index in [1.807, 2.05) is 18.3 Å². The first-order valence-corrected chi connectivity index (χ1v) is 6.90. The van der Waals surface area contributed by atoms with Crippen LogP contribution in [0.5, 0.6) is 0 Å². The van der Waals surface area contributed by atoms with E-state index in [-0.39, 0.29) is 6.04 Å². The second-order valence-corrected chi connectivity index (χ2v) is 5.28. The number of rotatable bonds is 5. The van der Waals surface area contributed by atoms with Crippen molar-refractivity contribution in [3.8, 4) is 0 Å². The zero-order chi connectivity index (χ0) is 13.7. The summed E-state index contributed by atoms with van der Waals surface area (Å²) in [6.45, 7) is 6.66. The van der Waals surface area contributed by atoms with E-state index in [0.717, 1.165) is 5.69 Å². The van der Waals surface area contributed by atoms with Crippen LogP contribution >= 0.6 is 0 Å². The van der Waals surface area contributed by atoms with Crippen LogP contribution in [0.1, 0.15) is 44.1 Å². The van der Waals surface area contributed by atoms with Gasteiger partial charge in [0.2, 0.25) is 0 Å². The Morgan fingerprint density at radius 1 is 0.895 bits per heavy atom. The Balaban J connectivity index is 2.14. The molecule has 0 aliphatic carbocycles. The highest BCUT2D eigenvalue weighted by atomic mass is 15.0. The van der Waals surface area contributed by atoms with E-state index in [1.165, 1.54) is 5.56 Å². The molecule has 2 aromatic rings. The van der Waals surface area contributed by atoms with Crippen LogP contribution in [0.3, 0.4) is 0 Å². The molecular formula is C17H22N2. The first-order valence-electron chi connectivity index (χ1n) is 6.90. The van der Waals surface area contributed by atoms with Crippen LogP contribution in [0.4, 0.5) is 0 Å². The van der Waals surface area contributed by atoms with E-state index in [9.17, 15) is 0 Å². The molecule has 0 amide bonds. The molecular weight excluding hydrogens is 232 g/mol. The number of benzene rings is 1. The maximum atomic E-state index is 4.42. The minimum absolute atomic E-state index is 0.244. The third kappa shape index (κ3) is 3.65. The van der Waals surface area contributed by atoms with Crippen molar-refractivity contribution in [3.05, 3.63) is 66.0 Å². The Kier molecular flexibility index (Phi) is 4.69. The molecule has 0 spiro atoms. The molecule has 0 aliphatic heterocycles. The predicted octanol–water partition coefficient (Wildman–Crippen LogP) is 4.13. The van der Waals surface area contributed by atoms with Gasteiger partial charge in [0.1, 0.15) is 0 Å². The van der Waals surface area contributed by atoms with Gasteiger partial charge in [-0.1, -0.05) is 50.2 Å². The van der Waals surface area contributed by atoms with Crippen LogP contribution < -0.4 is 5.32 Å². The van der Waals surface area contributed by atoms with Crippen molar-refractivity contribution < 1.29 is 0 Å². The summed E-state index contributed by atoms with van der Waals surface area (Å²) in [4.78, 5) is 4.42. The van der Waals surface area contributed by atoms with E-state index in [4.69, 9.17) is 0 Å². The summed E-state index contributed by atoms with van der Waals surface area (Å²) < 4.78 is 0. The molecule has 0 radical (unpaired) electrons. The second-order valence-electron chi connectivity index (χ2n) is 5.28. The lowest BCUT2D eigenvalue weighted by molar-refractivity contribution is 0.371. The van der Waals surface area contributed by atoms with Gasteiger partial charge in [-0.25, -0.2) is 0 Å². The number of nitrogens with one attached hydrogen (secondary N) is 1. The van der Waals surface area contributed by atoms with Crippen molar-refractivity contribution in [1.82, 2.24) is 10.3 Å². The number of pyridine rings is 1. The van der Waals surface area contributed by atoms with Gasteiger partial charge in [-0.05, 0) is 30.5 Å². The summed E-state index contributed by atoms with van der Waals surface area (Å²) >= 11 is 0. The van der Waals surface area contributed by atoms with Crippen molar-refractivity contribution in [2.24, 2.45) is 5.92 Å². The lowest BCUT2D eigenvalue weighted by Gasteiger charge is -2.26. The average Bonchev–Trinajstić information content (AvgIpc) is 2.46. The third-order valence-corrected chi connectivity index (χ3v) is 3.39. The molecule has 1 N–H and O–H groups in total. The summed E-state index contributed by atoms with van der Waals surface area (Å²) in [5.41, 5.74) is 2.42. The average molecular weight is 254 g/mol. The molecule has 0 aliphatic rings. The van der Waals surface area contributed by atoms with E-state index in [1.54, 1.807) is 0 Å². The normalized spacial score (nSPS) is 14.3. The molecule has 0 saturated carbocycles. The highest BCUT2D eigenvalue weighted by Crippen LogP contribution is 2.24. The van der Waals surface area contributed by atoms with Gasteiger partial charge in [-0.3, -0.25) is 4.98 Å². The number of hydrogen-bond acceptors (Lipinski definition) is 2. The van der Waals surface area contributed by atoms with E-state index < -0.39 is 0 Å². The van der Waals surface area contributed by atoms with Gasteiger partial charge >= 0.3 is 0 Å². The predicted molar refractivity (Wildman–Crippen MR) is 79.8 cm³/mol. The maximum Gasteiger partial charge on any atom is 0.0570 e. The van der Waals surface area contributed by atoms with Gasteiger partial charge in [0.15, 0.2) is 0 Å². The van der Waals surface area contributed by atoms with Crippen LogP contribution in [0, 0.1) is 5.92 Å². The third-order valence-electron chi connectivity index (χ3n) is 3.39. The zero-order valence-electron chi connectivity index (χ0n) is 11.9. The molecule has 0 fully saturated rings. The Morgan fingerprint density at radius 3 is 2.16 bits per heavy atom. The quantitative estimate of drug-likeness (QED) is 0.867. The summed E-state index contributed by atoms with van der Waals surface area (Å²) in [7, 11) is 0. The fraction of sp³-hybridized carbons (Fsp3) is 0.353. The topological polar surface area (TPSA) is 24.9 Å². The highest BCUT2D eigenvalue weighted by molar-refractivity contribution is 5.20. The fourth-order valence-electron chi connectivity index (χ4n) is 2.32. The van der Waals surface area contributed by atoms with Crippen molar-refractivity contribution in [2.45, 2.75) is 32.9 Å². The van der Waals surface area contributed by atoms with E-state index in [2.05, 4.69) is 67.5 Å². The number of nitrogens with zero attached hydrogens (tertiary/aromatic N) is 1. The summed E-state index contributed by atoms with van der Waals surface area (Å²) in [6, 6.07) is 17.3. The molecule has 100 valence electrons. The molecule has 2 unspecified atom stereocenters. The molecule has 1 aromatic heterocycles. The van der Waals surface area contributed by atoms with Gasteiger partial charge < -0.3 is 5.32 Å². The summed E-state index contributed by atoms with van der Waals surface area (Å²) in [5.74, 6) is 0.536. The maximum absolute atomic E-state index is 4.42. The Labute approximate surface area is 115 Å². The molecule has 2 heteroatoms. The van der Waals surface area contributed by atoms with Crippen molar-refractivity contribution in [3.63, 3.8) is 0 Å². The SMILES string of the molecule is CC(NC(c1ccccc1)C(C)C)c1ccccn1. The molecule has 19 heavy (non-hydrogen) atoms. The van der Waals surface area contributed by atoms with Gasteiger partial charge in [0.25, 0.3) is 0 Å². The molecule has 2 atom stereocenters. The summed E-state index contributed by atoms with van der Waals surface area (Å²) in [5, 5.41) is 3.69. The monoisotopic (exact) mass is 254 g/mol. The van der Waals surface area contributed by atoms with Crippen LogP contribution in [0.25, 0.3) is 0 Å². The molecule has 0 bridgehead atoms. The lowest BCUT2D eigenvalue weighted by atomic mass is 9.95. The Morgan fingerprint density at radius 2 is 1.58 bits per heavy atom. The molecule has 2 rings (SSSR count). The van der Waals surface area contributed by atoms with Gasteiger partial charge in [-0.15, -0.1) is 0 Å². The van der Waals surface area contributed by atoms with E-state index >= 15 is 0 Å². The van der Waals surface area contributed by atoms with Gasteiger partial charge in [-0.2, -0.15) is 0 Å². The van der Waals surface area contributed by atoms with E-state index in [0.29, 0.717) is 12.0 Å². The standard InChI is InChI=1S/C17H22N2/c1-13(2)17(15-9-5-4-6-10-15)19-14(3)16-11-7-8-12-18-16/h4-14,17,19H,1-3H3. The molecule has 2 nitrogen and oxygen atoms in total. The molecule has 1 heterocycles. The van der Waals surface area contributed by atoms with Crippen LogP contribution in [0.15, 0.2) is 54.7 Å². The number of hydrogen-bond donors (Lipinski definition) is 1.